The Morgan fingerprint density at radius 2 is 1.82 bits per heavy atom. The van der Waals surface area contributed by atoms with Crippen molar-refractivity contribution in [2.75, 3.05) is 57.3 Å². The molecule has 3 aliphatic rings. The maximum atomic E-state index is 17.0. The van der Waals surface area contributed by atoms with Crippen LogP contribution in [0, 0.1) is 17.6 Å². The lowest BCUT2D eigenvalue weighted by Crippen LogP contribution is -2.57. The number of piperazine rings is 2. The number of nitrogens with zero attached hydrogens (tertiary/aromatic N) is 6. The van der Waals surface area contributed by atoms with E-state index in [-0.39, 0.29) is 52.6 Å². The Morgan fingerprint density at radius 1 is 1.10 bits per heavy atom. The van der Waals surface area contributed by atoms with Crippen molar-refractivity contribution in [2.24, 2.45) is 5.92 Å². The van der Waals surface area contributed by atoms with E-state index >= 15 is 8.78 Å². The van der Waals surface area contributed by atoms with Crippen molar-refractivity contribution in [3.05, 3.63) is 47.7 Å². The van der Waals surface area contributed by atoms with Gasteiger partial charge in [0, 0.05) is 63.5 Å². The molecule has 11 nitrogen and oxygen atoms in total. The lowest BCUT2D eigenvalue weighted by atomic mass is 9.94. The Morgan fingerprint density at radius 3 is 2.51 bits per heavy atom. The average Bonchev–Trinajstić information content (AvgIpc) is 3.36. The van der Waals surface area contributed by atoms with Gasteiger partial charge in [-0.2, -0.15) is 9.97 Å². The highest BCUT2D eigenvalue weighted by Crippen LogP contribution is 2.40. The standard InChI is InChI=1S/C38H47F2N7O4/c1-6-27-30(39)10-7-23-15-26(48)16-28(31(23)27)33-32(40)34-29(17-42-33)35(44-36(43-34)50-21-22(2)18-45-13-11-41-12-14-45)46-19-24-8-9-25(20-46)47(24)37(49)51-38(3,4)5/h7,10,15-17,22,24-25,41,48H,6,8-9,11-14,18-21H2,1-5H3/t22-,24-,25+/m1/s1. The fraction of sp³-hybridized carbons (Fsp3) is 0.526. The van der Waals surface area contributed by atoms with Gasteiger partial charge in [-0.3, -0.25) is 9.88 Å². The Kier molecular flexibility index (Phi) is 9.61. The van der Waals surface area contributed by atoms with Crippen LogP contribution in [0.15, 0.2) is 30.5 Å². The van der Waals surface area contributed by atoms with E-state index in [4.69, 9.17) is 14.5 Å². The van der Waals surface area contributed by atoms with Crippen molar-refractivity contribution in [3.8, 4) is 23.0 Å². The van der Waals surface area contributed by atoms with Gasteiger partial charge in [0.25, 0.3) is 0 Å². The molecular weight excluding hydrogens is 656 g/mol. The van der Waals surface area contributed by atoms with E-state index in [1.807, 2.05) is 32.6 Å². The van der Waals surface area contributed by atoms with Gasteiger partial charge < -0.3 is 29.7 Å². The summed E-state index contributed by atoms with van der Waals surface area (Å²) in [7, 11) is 0. The van der Waals surface area contributed by atoms with Crippen molar-refractivity contribution in [1.29, 1.82) is 0 Å². The first-order chi connectivity index (χ1) is 24.4. The zero-order valence-electron chi connectivity index (χ0n) is 30.0. The molecule has 0 aliphatic carbocycles. The molecule has 2 N–H and O–H groups in total. The second kappa shape index (κ2) is 14.0. The summed E-state index contributed by atoms with van der Waals surface area (Å²) in [6.45, 7) is 15.5. The van der Waals surface area contributed by atoms with Crippen molar-refractivity contribution in [2.45, 2.75) is 71.6 Å². The summed E-state index contributed by atoms with van der Waals surface area (Å²) in [6, 6.07) is 5.72. The van der Waals surface area contributed by atoms with E-state index in [0.717, 1.165) is 45.6 Å². The topological polar surface area (TPSA) is 116 Å². The molecule has 0 radical (unpaired) electrons. The van der Waals surface area contributed by atoms with Gasteiger partial charge in [-0.1, -0.05) is 19.9 Å². The zero-order chi connectivity index (χ0) is 36.0. The van der Waals surface area contributed by atoms with E-state index < -0.39 is 17.2 Å². The number of carbonyl (C=O) groups is 1. The van der Waals surface area contributed by atoms with Gasteiger partial charge in [0.1, 0.15) is 34.2 Å². The number of aryl methyl sites for hydroxylation is 1. The molecule has 2 bridgehead atoms. The third kappa shape index (κ3) is 7.10. The fourth-order valence-corrected chi connectivity index (χ4v) is 7.84. The molecule has 0 spiro atoms. The van der Waals surface area contributed by atoms with E-state index in [9.17, 15) is 9.90 Å². The number of fused-ring (bicyclic) bond motifs is 4. The molecule has 2 aromatic carbocycles. The number of rotatable bonds is 8. The second-order valence-corrected chi connectivity index (χ2v) is 15.1. The number of nitrogens with one attached hydrogen (secondary N) is 1. The molecule has 1 amide bonds. The molecule has 3 aliphatic heterocycles. The van der Waals surface area contributed by atoms with Gasteiger partial charge in [0.2, 0.25) is 0 Å². The quantitative estimate of drug-likeness (QED) is 0.230. The SMILES string of the molecule is CCc1c(F)ccc2cc(O)cc(-c3ncc4c(N5C[C@H]6CC[C@@H](C5)N6C(=O)OC(C)(C)C)nc(OC[C@H](C)CN5CCNCC5)nc4c3F)c12. The number of halogens is 2. The summed E-state index contributed by atoms with van der Waals surface area (Å²) in [4.78, 5) is 33.6. The number of anilines is 1. The lowest BCUT2D eigenvalue weighted by molar-refractivity contribution is 0.0122. The van der Waals surface area contributed by atoms with Gasteiger partial charge in [0.15, 0.2) is 5.82 Å². The smallest absolute Gasteiger partial charge is 0.410 e. The highest BCUT2D eigenvalue weighted by molar-refractivity contribution is 6.01. The number of amides is 1. The van der Waals surface area contributed by atoms with Gasteiger partial charge >= 0.3 is 12.1 Å². The van der Waals surface area contributed by atoms with Gasteiger partial charge in [-0.25, -0.2) is 13.6 Å². The van der Waals surface area contributed by atoms with Crippen LogP contribution in [0.1, 0.15) is 53.0 Å². The van der Waals surface area contributed by atoms with Crippen molar-refractivity contribution >= 4 is 33.6 Å². The number of hydrogen-bond acceptors (Lipinski definition) is 10. The summed E-state index contributed by atoms with van der Waals surface area (Å²) in [5, 5.41) is 15.5. The number of aromatic nitrogens is 3. The van der Waals surface area contributed by atoms with Crippen LogP contribution in [0.3, 0.4) is 0 Å². The summed E-state index contributed by atoms with van der Waals surface area (Å²) >= 11 is 0. The highest BCUT2D eigenvalue weighted by atomic mass is 19.1. The number of ether oxygens (including phenoxy) is 2. The van der Waals surface area contributed by atoms with Crippen molar-refractivity contribution in [1.82, 2.24) is 30.1 Å². The number of aromatic hydroxyl groups is 1. The summed E-state index contributed by atoms with van der Waals surface area (Å²) in [5.74, 6) is -0.573. The Labute approximate surface area is 297 Å². The van der Waals surface area contributed by atoms with Crippen LogP contribution in [-0.4, -0.2) is 106 Å². The molecule has 2 aromatic heterocycles. The summed E-state index contributed by atoms with van der Waals surface area (Å²) in [5.41, 5.74) is 0.0322. The van der Waals surface area contributed by atoms with Crippen LogP contribution in [0.2, 0.25) is 0 Å². The average molecular weight is 704 g/mol. The van der Waals surface area contributed by atoms with Crippen LogP contribution in [0.4, 0.5) is 19.4 Å². The lowest BCUT2D eigenvalue weighted by Gasteiger charge is -2.42. The highest BCUT2D eigenvalue weighted by Gasteiger charge is 2.45. The number of phenolic OH excluding ortho intramolecular Hbond substituents is 1. The molecule has 7 rings (SSSR count). The molecule has 3 atom stereocenters. The monoisotopic (exact) mass is 703 g/mol. The van der Waals surface area contributed by atoms with Crippen molar-refractivity contribution < 1.29 is 28.2 Å². The third-order valence-electron chi connectivity index (χ3n) is 10.1. The predicted molar refractivity (Wildman–Crippen MR) is 192 cm³/mol. The van der Waals surface area contributed by atoms with E-state index in [1.165, 1.54) is 18.2 Å². The first kappa shape index (κ1) is 35.1. The predicted octanol–water partition coefficient (Wildman–Crippen LogP) is 5.90. The minimum atomic E-state index is -0.719. The minimum Gasteiger partial charge on any atom is -0.508 e. The Bertz CT molecular complexity index is 1930. The maximum Gasteiger partial charge on any atom is 0.410 e. The van der Waals surface area contributed by atoms with Gasteiger partial charge in [-0.15, -0.1) is 0 Å². The third-order valence-corrected chi connectivity index (χ3v) is 10.1. The molecule has 5 heterocycles. The summed E-state index contributed by atoms with van der Waals surface area (Å²) < 4.78 is 44.0. The van der Waals surface area contributed by atoms with E-state index in [0.29, 0.717) is 53.7 Å². The van der Waals surface area contributed by atoms with Crippen LogP contribution >= 0.6 is 0 Å². The molecule has 51 heavy (non-hydrogen) atoms. The first-order valence-electron chi connectivity index (χ1n) is 18.0. The number of phenols is 1. The minimum absolute atomic E-state index is 0.0163. The maximum absolute atomic E-state index is 17.0. The van der Waals surface area contributed by atoms with Crippen LogP contribution in [0.5, 0.6) is 11.8 Å². The zero-order valence-corrected chi connectivity index (χ0v) is 30.0. The van der Waals surface area contributed by atoms with Crippen molar-refractivity contribution in [3.63, 3.8) is 0 Å². The normalized spacial score (nSPS) is 20.3. The molecule has 272 valence electrons. The largest absolute Gasteiger partial charge is 0.508 e. The first-order valence-corrected chi connectivity index (χ1v) is 18.0. The number of pyridine rings is 1. The molecule has 4 aromatic rings. The summed E-state index contributed by atoms with van der Waals surface area (Å²) in [6.07, 6.45) is 3.21. The molecular formula is C38H47F2N7O4. The molecule has 0 unspecified atom stereocenters. The number of benzene rings is 2. The number of carbonyl (C=O) groups excluding carboxylic acids is 1. The molecule has 3 saturated heterocycles. The Balaban J connectivity index is 1.28. The van der Waals surface area contributed by atoms with Crippen LogP contribution in [-0.2, 0) is 11.2 Å². The van der Waals surface area contributed by atoms with Crippen LogP contribution < -0.4 is 15.0 Å². The van der Waals surface area contributed by atoms with Gasteiger partial charge in [0.05, 0.1) is 24.1 Å². The molecule has 0 saturated carbocycles. The van der Waals surface area contributed by atoms with Gasteiger partial charge in [-0.05, 0) is 74.6 Å². The van der Waals surface area contributed by atoms with Crippen LogP contribution in [0.25, 0.3) is 32.9 Å². The fourth-order valence-electron chi connectivity index (χ4n) is 7.84. The second-order valence-electron chi connectivity index (χ2n) is 15.1. The van der Waals surface area contributed by atoms with E-state index in [1.54, 1.807) is 12.3 Å². The molecule has 13 heteroatoms. The Hall–Kier alpha value is -4.36. The number of hydrogen-bond donors (Lipinski definition) is 2. The molecule has 3 fully saturated rings. The van der Waals surface area contributed by atoms with E-state index in [2.05, 4.69) is 32.0 Å².